The Morgan fingerprint density at radius 2 is 1.86 bits per heavy atom. The Bertz CT molecular complexity index is 1560. The summed E-state index contributed by atoms with van der Waals surface area (Å²) >= 11 is 0. The number of ether oxygens (including phenoxy) is 1. The zero-order valence-electron chi connectivity index (χ0n) is 25.5. The van der Waals surface area contributed by atoms with Crippen LogP contribution in [-0.2, 0) is 7.05 Å². The number of aliphatic hydroxyl groups is 2. The second-order valence-electron chi connectivity index (χ2n) is 12.9. The molecule has 0 radical (unpaired) electrons. The zero-order valence-corrected chi connectivity index (χ0v) is 25.5. The van der Waals surface area contributed by atoms with Crippen LogP contribution >= 0.6 is 0 Å². The number of aryl methyl sites for hydroxylation is 1. The second-order valence-corrected chi connectivity index (χ2v) is 12.9. The number of hydrogen-bond donors (Lipinski definition) is 3. The number of hydrogen-bond acceptors (Lipinski definition) is 11. The molecule has 2 saturated heterocycles. The third-order valence-corrected chi connectivity index (χ3v) is 7.95. The zero-order chi connectivity index (χ0) is 31.5. The molecule has 2 atom stereocenters. The van der Waals surface area contributed by atoms with Crippen LogP contribution in [0.3, 0.4) is 0 Å². The quantitative estimate of drug-likeness (QED) is 0.327. The maximum absolute atomic E-state index is 15.4. The minimum atomic E-state index is -1.71. The highest BCUT2D eigenvalue weighted by Crippen LogP contribution is 2.42. The van der Waals surface area contributed by atoms with Crippen LogP contribution in [0.4, 0.5) is 26.2 Å². The van der Waals surface area contributed by atoms with Crippen molar-refractivity contribution in [1.29, 1.82) is 0 Å². The molecule has 1 aromatic carbocycles. The maximum Gasteiger partial charge on any atom is 0.368 e. The van der Waals surface area contributed by atoms with Crippen LogP contribution in [0.15, 0.2) is 23.1 Å². The fourth-order valence-electron chi connectivity index (χ4n) is 6.37. The first-order valence-electron chi connectivity index (χ1n) is 14.3. The number of nitrogens with one attached hydrogen (secondary N) is 1. The average Bonchev–Trinajstić information content (AvgIpc) is 3.48. The van der Waals surface area contributed by atoms with Crippen LogP contribution < -0.4 is 20.6 Å². The lowest BCUT2D eigenvalue weighted by molar-refractivity contribution is -0.104. The molecule has 15 heteroatoms. The van der Waals surface area contributed by atoms with E-state index in [9.17, 15) is 15.0 Å². The Morgan fingerprint density at radius 3 is 2.49 bits per heavy atom. The van der Waals surface area contributed by atoms with Gasteiger partial charge in [0, 0.05) is 44.6 Å². The van der Waals surface area contributed by atoms with E-state index in [-0.39, 0.29) is 40.5 Å². The molecule has 0 amide bonds. The van der Waals surface area contributed by atoms with Gasteiger partial charge in [-0.05, 0) is 76.4 Å². The van der Waals surface area contributed by atoms with Crippen LogP contribution in [0.1, 0.15) is 67.2 Å². The summed E-state index contributed by atoms with van der Waals surface area (Å²) in [6, 6.07) is 2.28. The lowest BCUT2D eigenvalue weighted by Gasteiger charge is -2.52. The van der Waals surface area contributed by atoms with Crippen molar-refractivity contribution in [3.63, 3.8) is 0 Å². The van der Waals surface area contributed by atoms with Gasteiger partial charge in [0.1, 0.15) is 11.4 Å². The van der Waals surface area contributed by atoms with Crippen LogP contribution in [0.25, 0.3) is 5.69 Å². The van der Waals surface area contributed by atoms with E-state index in [0.29, 0.717) is 12.5 Å². The van der Waals surface area contributed by atoms with Gasteiger partial charge in [0.05, 0.1) is 11.9 Å². The van der Waals surface area contributed by atoms with E-state index in [1.54, 1.807) is 18.7 Å². The Morgan fingerprint density at radius 1 is 1.14 bits per heavy atom. The van der Waals surface area contributed by atoms with Crippen LogP contribution in [0.5, 0.6) is 5.75 Å². The molecule has 0 bridgehead atoms. The summed E-state index contributed by atoms with van der Waals surface area (Å²) in [5, 5.41) is 31.7. The van der Waals surface area contributed by atoms with Crippen molar-refractivity contribution < 1.29 is 23.7 Å². The Kier molecular flexibility index (Phi) is 7.72. The lowest BCUT2D eigenvalue weighted by Crippen LogP contribution is -2.61. The van der Waals surface area contributed by atoms with Gasteiger partial charge in [-0.15, -0.1) is 0 Å². The molecule has 3 N–H and O–H groups in total. The van der Waals surface area contributed by atoms with Crippen molar-refractivity contribution in [2.24, 2.45) is 7.05 Å². The summed E-state index contributed by atoms with van der Waals surface area (Å²) in [5.41, 5.74) is -2.48. The summed E-state index contributed by atoms with van der Waals surface area (Å²) in [6.07, 6.45) is 4.49. The summed E-state index contributed by atoms with van der Waals surface area (Å²) in [7, 11) is 1.39. The molecule has 13 nitrogen and oxygen atoms in total. The molecule has 5 rings (SSSR count). The molecular formula is C28H39F2N9O4. The molecule has 2 aliphatic rings. The van der Waals surface area contributed by atoms with Crippen molar-refractivity contribution in [3.8, 4) is 11.4 Å². The SMILES string of the molecule is Cn1nnn(-c2cc(Nc3ncc(F)c(N([C@@H]4C[C@@H]5CCCN5C(C)(C)C4)C(C)(C)O)n3)c(F)cc2OC(C)(C)O)c1=O. The number of rotatable bonds is 8. The number of halogens is 2. The van der Waals surface area contributed by atoms with Crippen LogP contribution in [0.2, 0.25) is 0 Å². The summed E-state index contributed by atoms with van der Waals surface area (Å²) in [6.45, 7) is 11.2. The molecule has 234 valence electrons. The van der Waals surface area contributed by atoms with Crippen molar-refractivity contribution in [3.05, 3.63) is 40.4 Å². The molecule has 3 aromatic rings. The first-order valence-corrected chi connectivity index (χ1v) is 14.3. The number of aromatic nitrogens is 6. The predicted molar refractivity (Wildman–Crippen MR) is 154 cm³/mol. The summed E-state index contributed by atoms with van der Waals surface area (Å²) < 4.78 is 38.2. The first kappa shape index (κ1) is 30.8. The molecule has 43 heavy (non-hydrogen) atoms. The number of anilines is 3. The lowest BCUT2D eigenvalue weighted by atomic mass is 9.82. The van der Waals surface area contributed by atoms with Gasteiger partial charge < -0.3 is 25.2 Å². The van der Waals surface area contributed by atoms with Crippen LogP contribution in [-0.4, -0.2) is 80.6 Å². The smallest absolute Gasteiger partial charge is 0.368 e. The molecule has 2 fully saturated rings. The van der Waals surface area contributed by atoms with E-state index in [0.717, 1.165) is 47.4 Å². The van der Waals surface area contributed by atoms with E-state index in [1.165, 1.54) is 27.0 Å². The molecule has 0 spiro atoms. The van der Waals surface area contributed by atoms with Gasteiger partial charge in [0.2, 0.25) is 11.7 Å². The highest BCUT2D eigenvalue weighted by molar-refractivity contribution is 5.64. The minimum absolute atomic E-state index is 0.0184. The normalized spacial score (nSPS) is 20.6. The first-order chi connectivity index (χ1) is 19.9. The van der Waals surface area contributed by atoms with Gasteiger partial charge in [0.25, 0.3) is 0 Å². The number of nitrogens with zero attached hydrogens (tertiary/aromatic N) is 8. The van der Waals surface area contributed by atoms with E-state index in [1.807, 2.05) is 0 Å². The fourth-order valence-corrected chi connectivity index (χ4v) is 6.37. The predicted octanol–water partition coefficient (Wildman–Crippen LogP) is 2.83. The largest absolute Gasteiger partial charge is 0.461 e. The molecule has 0 aliphatic carbocycles. The third-order valence-electron chi connectivity index (χ3n) is 7.95. The van der Waals surface area contributed by atoms with Crippen molar-refractivity contribution in [1.82, 2.24) is 34.7 Å². The Balaban J connectivity index is 1.53. The summed E-state index contributed by atoms with van der Waals surface area (Å²) in [4.78, 5) is 25.1. The highest BCUT2D eigenvalue weighted by atomic mass is 19.1. The number of benzene rings is 1. The van der Waals surface area contributed by atoms with Gasteiger partial charge in [0.15, 0.2) is 23.2 Å². The van der Waals surface area contributed by atoms with Gasteiger partial charge in [-0.25, -0.2) is 18.6 Å². The van der Waals surface area contributed by atoms with Gasteiger partial charge in [-0.2, -0.15) is 14.3 Å². The molecular weight excluding hydrogens is 564 g/mol. The highest BCUT2D eigenvalue weighted by Gasteiger charge is 2.47. The monoisotopic (exact) mass is 603 g/mol. The van der Waals surface area contributed by atoms with Crippen molar-refractivity contribution >= 4 is 17.5 Å². The minimum Gasteiger partial charge on any atom is -0.461 e. The van der Waals surface area contributed by atoms with E-state index >= 15 is 8.78 Å². The standard InChI is InChI=1S/C28H39F2N9O4/c1-26(2)14-17(11-16-9-8-10-37(16)26)38(27(3,4)41)23-19(30)15-31-24(33-23)32-20-13-21(39-25(40)36(7)34-35-39)22(12-18(20)29)43-28(5,6)42/h12-13,15-17,41-42H,8-11,14H2,1-7H3,(H,31,32,33)/t16-,17+/m0/s1. The van der Waals surface area contributed by atoms with E-state index in [2.05, 4.69) is 44.5 Å². The summed E-state index contributed by atoms with van der Waals surface area (Å²) in [5.74, 6) is -3.71. The number of tetrazole rings is 1. The second kappa shape index (κ2) is 10.8. The van der Waals surface area contributed by atoms with Crippen molar-refractivity contribution in [2.75, 3.05) is 16.8 Å². The average molecular weight is 604 g/mol. The molecule has 0 unspecified atom stereocenters. The molecule has 0 saturated carbocycles. The Hall–Kier alpha value is -3.69. The van der Waals surface area contributed by atoms with Gasteiger partial charge in [-0.3, -0.25) is 4.90 Å². The third kappa shape index (κ3) is 6.19. The van der Waals surface area contributed by atoms with Crippen molar-refractivity contribution in [2.45, 2.75) is 96.4 Å². The van der Waals surface area contributed by atoms with E-state index < -0.39 is 28.8 Å². The Labute approximate surface area is 248 Å². The van der Waals surface area contributed by atoms with Gasteiger partial charge >= 0.3 is 5.69 Å². The topological polar surface area (TPSA) is 147 Å². The molecule has 2 aromatic heterocycles. The fraction of sp³-hybridized carbons (Fsp3) is 0.607. The maximum atomic E-state index is 15.4. The van der Waals surface area contributed by atoms with Gasteiger partial charge in [-0.1, -0.05) is 0 Å². The molecule has 4 heterocycles. The van der Waals surface area contributed by atoms with E-state index in [4.69, 9.17) is 4.74 Å². The van der Waals surface area contributed by atoms with Crippen LogP contribution in [0, 0.1) is 11.6 Å². The number of fused-ring (bicyclic) bond motifs is 1. The molecule has 2 aliphatic heterocycles. The number of piperidine rings is 1.